The fraction of sp³-hybridized carbons (Fsp3) is 0.533. The van der Waals surface area contributed by atoms with E-state index in [0.29, 0.717) is 13.1 Å². The highest BCUT2D eigenvalue weighted by atomic mass is 16.6. The number of carbonyl (C=O) groups excluding carboxylic acids is 1. The lowest BCUT2D eigenvalue weighted by atomic mass is 10.1. The Kier molecular flexibility index (Phi) is 4.06. The van der Waals surface area contributed by atoms with E-state index in [1.165, 1.54) is 0 Å². The Morgan fingerprint density at radius 1 is 1.30 bits per heavy atom. The van der Waals surface area contributed by atoms with Gasteiger partial charge >= 0.3 is 6.09 Å². The zero-order valence-electron chi connectivity index (χ0n) is 12.5. The highest BCUT2D eigenvalue weighted by molar-refractivity contribution is 5.71. The third-order valence-electron chi connectivity index (χ3n) is 2.97. The van der Waals surface area contributed by atoms with Gasteiger partial charge in [0, 0.05) is 19.3 Å². The van der Waals surface area contributed by atoms with Gasteiger partial charge in [-0.15, -0.1) is 0 Å². The molecule has 5 heteroatoms. The molecule has 0 fully saturated rings. The van der Waals surface area contributed by atoms with Crippen LogP contribution < -0.4 is 0 Å². The molecule has 0 radical (unpaired) electrons. The molecule has 5 nitrogen and oxygen atoms in total. The second-order valence-electron chi connectivity index (χ2n) is 5.95. The van der Waals surface area contributed by atoms with Gasteiger partial charge in [0.05, 0.1) is 17.6 Å². The van der Waals surface area contributed by atoms with Gasteiger partial charge in [-0.2, -0.15) is 0 Å². The Morgan fingerprint density at radius 2 is 2.05 bits per heavy atom. The first-order valence-electron chi connectivity index (χ1n) is 6.81. The summed E-state index contributed by atoms with van der Waals surface area (Å²) < 4.78 is 5.36. The zero-order valence-corrected chi connectivity index (χ0v) is 12.5. The molecule has 2 heterocycles. The summed E-state index contributed by atoms with van der Waals surface area (Å²) in [5, 5.41) is 0. The summed E-state index contributed by atoms with van der Waals surface area (Å²) in [6, 6.07) is 0. The maximum absolute atomic E-state index is 11.9. The number of nitrogens with zero attached hydrogens (tertiary/aromatic N) is 3. The Morgan fingerprint density at radius 3 is 2.55 bits per heavy atom. The number of ether oxygens (including phenoxy) is 1. The molecule has 1 aliphatic heterocycles. The van der Waals surface area contributed by atoms with Crippen molar-refractivity contribution < 1.29 is 9.53 Å². The largest absolute Gasteiger partial charge is 0.444 e. The Labute approximate surface area is 119 Å². The molecule has 0 aliphatic carbocycles. The fourth-order valence-electron chi connectivity index (χ4n) is 1.95. The molecule has 2 rings (SSSR count). The normalized spacial score (nSPS) is 15.8. The van der Waals surface area contributed by atoms with Crippen molar-refractivity contribution in [2.75, 3.05) is 13.1 Å². The molecule has 1 aromatic rings. The summed E-state index contributed by atoms with van der Waals surface area (Å²) >= 11 is 0. The minimum absolute atomic E-state index is 0.261. The highest BCUT2D eigenvalue weighted by Crippen LogP contribution is 2.21. The van der Waals surface area contributed by atoms with Crippen molar-refractivity contribution in [3.8, 4) is 0 Å². The molecule has 0 aromatic carbocycles. The first kappa shape index (κ1) is 14.5. The predicted molar refractivity (Wildman–Crippen MR) is 77.2 cm³/mol. The molecular formula is C15H21N3O2. The van der Waals surface area contributed by atoms with E-state index in [1.807, 2.05) is 33.8 Å². The lowest BCUT2D eigenvalue weighted by Crippen LogP contribution is -2.39. The average Bonchev–Trinajstić information content (AvgIpc) is 2.38. The van der Waals surface area contributed by atoms with Crippen LogP contribution in [0.4, 0.5) is 4.79 Å². The Bertz CT molecular complexity index is 515. The molecule has 1 aliphatic rings. The van der Waals surface area contributed by atoms with E-state index < -0.39 is 5.60 Å². The van der Waals surface area contributed by atoms with Gasteiger partial charge in [-0.3, -0.25) is 9.97 Å². The maximum atomic E-state index is 11.9. The minimum Gasteiger partial charge on any atom is -0.444 e. The van der Waals surface area contributed by atoms with Crippen molar-refractivity contribution in [3.05, 3.63) is 29.9 Å². The maximum Gasteiger partial charge on any atom is 0.410 e. The fourth-order valence-corrected chi connectivity index (χ4v) is 1.95. The van der Waals surface area contributed by atoms with Crippen LogP contribution in [0, 0.1) is 6.92 Å². The van der Waals surface area contributed by atoms with Crippen LogP contribution in [0.2, 0.25) is 0 Å². The SMILES string of the molecule is Cc1cnc(C2=CCN(C(=O)OC(C)(C)C)CC2)cn1. The first-order chi connectivity index (χ1) is 9.35. The summed E-state index contributed by atoms with van der Waals surface area (Å²) in [4.78, 5) is 22.3. The number of aryl methyl sites for hydroxylation is 1. The summed E-state index contributed by atoms with van der Waals surface area (Å²) in [5.74, 6) is 0. The third-order valence-corrected chi connectivity index (χ3v) is 2.97. The van der Waals surface area contributed by atoms with Crippen molar-refractivity contribution in [2.24, 2.45) is 0 Å². The summed E-state index contributed by atoms with van der Waals surface area (Å²) in [5.41, 5.74) is 2.47. The van der Waals surface area contributed by atoms with Gasteiger partial charge in [0.2, 0.25) is 0 Å². The highest BCUT2D eigenvalue weighted by Gasteiger charge is 2.24. The number of hydrogen-bond donors (Lipinski definition) is 0. The van der Waals surface area contributed by atoms with Crippen LogP contribution in [0.15, 0.2) is 18.5 Å². The predicted octanol–water partition coefficient (Wildman–Crippen LogP) is 2.81. The van der Waals surface area contributed by atoms with Gasteiger partial charge in [-0.25, -0.2) is 4.79 Å². The lowest BCUT2D eigenvalue weighted by molar-refractivity contribution is 0.0270. The molecule has 0 N–H and O–H groups in total. The van der Waals surface area contributed by atoms with Gasteiger partial charge in [0.1, 0.15) is 5.60 Å². The summed E-state index contributed by atoms with van der Waals surface area (Å²) in [6.07, 6.45) is 6.08. The quantitative estimate of drug-likeness (QED) is 0.791. The smallest absolute Gasteiger partial charge is 0.410 e. The molecular weight excluding hydrogens is 254 g/mol. The van der Waals surface area contributed by atoms with Gasteiger partial charge in [-0.05, 0) is 39.7 Å². The summed E-state index contributed by atoms with van der Waals surface area (Å²) in [6.45, 7) is 8.74. The molecule has 1 amide bonds. The van der Waals surface area contributed by atoms with E-state index in [0.717, 1.165) is 23.4 Å². The molecule has 108 valence electrons. The van der Waals surface area contributed by atoms with E-state index in [4.69, 9.17) is 4.74 Å². The van der Waals surface area contributed by atoms with E-state index in [-0.39, 0.29) is 6.09 Å². The van der Waals surface area contributed by atoms with Gasteiger partial charge in [-0.1, -0.05) is 6.08 Å². The number of carbonyl (C=O) groups is 1. The molecule has 0 unspecified atom stereocenters. The molecule has 0 spiro atoms. The Balaban J connectivity index is 2.00. The van der Waals surface area contributed by atoms with Crippen LogP contribution in [-0.2, 0) is 4.74 Å². The van der Waals surface area contributed by atoms with E-state index in [2.05, 4.69) is 9.97 Å². The van der Waals surface area contributed by atoms with Crippen LogP contribution in [0.25, 0.3) is 5.57 Å². The molecule has 0 saturated carbocycles. The minimum atomic E-state index is -0.455. The molecule has 1 aromatic heterocycles. The van der Waals surface area contributed by atoms with Crippen LogP contribution in [0.3, 0.4) is 0 Å². The van der Waals surface area contributed by atoms with Crippen molar-refractivity contribution in [1.82, 2.24) is 14.9 Å². The van der Waals surface area contributed by atoms with E-state index in [9.17, 15) is 4.79 Å². The van der Waals surface area contributed by atoms with Gasteiger partial charge in [0.15, 0.2) is 0 Å². The molecule has 0 bridgehead atoms. The van der Waals surface area contributed by atoms with Gasteiger partial charge < -0.3 is 9.64 Å². The van der Waals surface area contributed by atoms with Crippen molar-refractivity contribution in [1.29, 1.82) is 0 Å². The van der Waals surface area contributed by atoms with Crippen LogP contribution in [-0.4, -0.2) is 39.7 Å². The van der Waals surface area contributed by atoms with Crippen LogP contribution >= 0.6 is 0 Å². The van der Waals surface area contributed by atoms with Crippen LogP contribution in [0.1, 0.15) is 38.6 Å². The zero-order chi connectivity index (χ0) is 14.8. The summed E-state index contributed by atoms with van der Waals surface area (Å²) in [7, 11) is 0. The number of rotatable bonds is 1. The molecule has 0 atom stereocenters. The second kappa shape index (κ2) is 5.61. The van der Waals surface area contributed by atoms with Crippen molar-refractivity contribution in [3.63, 3.8) is 0 Å². The van der Waals surface area contributed by atoms with Gasteiger partial charge in [0.25, 0.3) is 0 Å². The topological polar surface area (TPSA) is 55.3 Å². The average molecular weight is 275 g/mol. The monoisotopic (exact) mass is 275 g/mol. The van der Waals surface area contributed by atoms with Crippen LogP contribution in [0.5, 0.6) is 0 Å². The van der Waals surface area contributed by atoms with Crippen molar-refractivity contribution in [2.45, 2.75) is 39.7 Å². The number of hydrogen-bond acceptors (Lipinski definition) is 4. The Hall–Kier alpha value is -1.91. The standard InChI is InChI=1S/C15H21N3O2/c1-11-9-17-13(10-16-11)12-5-7-18(8-6-12)14(19)20-15(2,3)4/h5,9-10H,6-8H2,1-4H3. The third kappa shape index (κ3) is 3.79. The first-order valence-corrected chi connectivity index (χ1v) is 6.81. The van der Waals surface area contributed by atoms with Crippen molar-refractivity contribution >= 4 is 11.7 Å². The number of aromatic nitrogens is 2. The molecule has 20 heavy (non-hydrogen) atoms. The van der Waals surface area contributed by atoms with E-state index >= 15 is 0 Å². The molecule has 0 saturated heterocycles. The van der Waals surface area contributed by atoms with E-state index in [1.54, 1.807) is 17.3 Å². The number of amides is 1. The second-order valence-corrected chi connectivity index (χ2v) is 5.95. The lowest BCUT2D eigenvalue weighted by Gasteiger charge is -2.29.